The monoisotopic (exact) mass is 204 g/mol. The smallest absolute Gasteiger partial charge is 0.116 e. The first-order valence-corrected chi connectivity index (χ1v) is 5.90. The molecule has 1 heteroatoms. The fourth-order valence-electron chi connectivity index (χ4n) is 2.94. The number of rotatable bonds is 1. The number of phenols is 1. The summed E-state index contributed by atoms with van der Waals surface area (Å²) in [5.74, 6) is 0.434. The molecule has 0 saturated carbocycles. The molecule has 0 saturated heterocycles. The van der Waals surface area contributed by atoms with Crippen molar-refractivity contribution in [2.75, 3.05) is 0 Å². The first-order valence-electron chi connectivity index (χ1n) is 5.90. The van der Waals surface area contributed by atoms with Crippen LogP contribution in [0.3, 0.4) is 0 Å². The van der Waals surface area contributed by atoms with E-state index >= 15 is 0 Å². The molecule has 0 amide bonds. The summed E-state index contributed by atoms with van der Waals surface area (Å²) < 4.78 is 0. The third-order valence-electron chi connectivity index (χ3n) is 3.59. The molecule has 82 valence electrons. The van der Waals surface area contributed by atoms with Gasteiger partial charge in [-0.25, -0.2) is 0 Å². The summed E-state index contributed by atoms with van der Waals surface area (Å²) in [5, 5.41) is 9.67. The molecule has 1 aliphatic carbocycles. The molecule has 1 N–H and O–H groups in total. The summed E-state index contributed by atoms with van der Waals surface area (Å²) in [6.07, 6.45) is 4.64. The highest BCUT2D eigenvalue weighted by molar-refractivity contribution is 5.47. The van der Waals surface area contributed by atoms with E-state index in [0.717, 1.165) is 12.8 Å². The van der Waals surface area contributed by atoms with E-state index in [2.05, 4.69) is 20.8 Å². The van der Waals surface area contributed by atoms with Crippen molar-refractivity contribution in [3.05, 3.63) is 28.8 Å². The van der Waals surface area contributed by atoms with E-state index in [9.17, 15) is 5.11 Å². The third-order valence-corrected chi connectivity index (χ3v) is 3.59. The lowest BCUT2D eigenvalue weighted by atomic mass is 9.70. The molecule has 0 aliphatic heterocycles. The molecule has 1 nitrogen and oxygen atoms in total. The molecule has 0 atom stereocenters. The zero-order valence-electron chi connectivity index (χ0n) is 9.93. The molecule has 0 unspecified atom stereocenters. The maximum atomic E-state index is 9.67. The van der Waals surface area contributed by atoms with Gasteiger partial charge in [-0.3, -0.25) is 0 Å². The Balaban J connectivity index is 2.63. The molecule has 0 radical (unpaired) electrons. The van der Waals surface area contributed by atoms with Gasteiger partial charge in [0.2, 0.25) is 0 Å². The lowest BCUT2D eigenvalue weighted by Gasteiger charge is -2.34. The van der Waals surface area contributed by atoms with Gasteiger partial charge in [-0.05, 0) is 59.9 Å². The van der Waals surface area contributed by atoms with Gasteiger partial charge in [-0.15, -0.1) is 0 Å². The SMILES string of the molecule is CCc1cc(O)cc2c1C(C)(C)CCC2. The van der Waals surface area contributed by atoms with E-state index in [1.54, 1.807) is 0 Å². The van der Waals surface area contributed by atoms with Crippen LogP contribution in [0.25, 0.3) is 0 Å². The van der Waals surface area contributed by atoms with Gasteiger partial charge < -0.3 is 5.11 Å². The van der Waals surface area contributed by atoms with Crippen molar-refractivity contribution in [3.63, 3.8) is 0 Å². The van der Waals surface area contributed by atoms with Gasteiger partial charge in [0.25, 0.3) is 0 Å². The van der Waals surface area contributed by atoms with Crippen LogP contribution in [0, 0.1) is 0 Å². The summed E-state index contributed by atoms with van der Waals surface area (Å²) in [6.45, 7) is 6.81. The van der Waals surface area contributed by atoms with Gasteiger partial charge in [0.05, 0.1) is 0 Å². The van der Waals surface area contributed by atoms with Crippen molar-refractivity contribution < 1.29 is 5.11 Å². The Morgan fingerprint density at radius 3 is 2.73 bits per heavy atom. The first-order chi connectivity index (χ1) is 7.04. The van der Waals surface area contributed by atoms with Crippen molar-refractivity contribution in [1.29, 1.82) is 0 Å². The zero-order valence-corrected chi connectivity index (χ0v) is 9.93. The van der Waals surface area contributed by atoms with Gasteiger partial charge in [0, 0.05) is 0 Å². The quantitative estimate of drug-likeness (QED) is 0.741. The Kier molecular flexibility index (Phi) is 2.49. The van der Waals surface area contributed by atoms with Crippen LogP contribution in [0.4, 0.5) is 0 Å². The Bertz CT molecular complexity index is 360. The highest BCUT2D eigenvalue weighted by atomic mass is 16.3. The second-order valence-corrected chi connectivity index (χ2v) is 5.23. The van der Waals surface area contributed by atoms with E-state index in [1.165, 1.54) is 29.5 Å². The van der Waals surface area contributed by atoms with E-state index in [-0.39, 0.29) is 5.41 Å². The number of phenolic OH excluding ortho intramolecular Hbond substituents is 1. The number of aryl methyl sites for hydroxylation is 2. The largest absolute Gasteiger partial charge is 0.508 e. The Morgan fingerprint density at radius 1 is 1.33 bits per heavy atom. The molecular weight excluding hydrogens is 184 g/mol. The fourth-order valence-corrected chi connectivity index (χ4v) is 2.94. The minimum atomic E-state index is 0.284. The van der Waals surface area contributed by atoms with E-state index in [0.29, 0.717) is 5.75 Å². The topological polar surface area (TPSA) is 20.2 Å². The normalized spacial score (nSPS) is 18.6. The van der Waals surface area contributed by atoms with Crippen LogP contribution in [-0.4, -0.2) is 5.11 Å². The molecule has 15 heavy (non-hydrogen) atoms. The average Bonchev–Trinajstić information content (AvgIpc) is 2.15. The van der Waals surface area contributed by atoms with Crippen molar-refractivity contribution >= 4 is 0 Å². The number of fused-ring (bicyclic) bond motifs is 1. The second-order valence-electron chi connectivity index (χ2n) is 5.23. The Morgan fingerprint density at radius 2 is 2.07 bits per heavy atom. The molecule has 0 fully saturated rings. The Labute approximate surface area is 92.1 Å². The van der Waals surface area contributed by atoms with Crippen LogP contribution >= 0.6 is 0 Å². The van der Waals surface area contributed by atoms with Crippen molar-refractivity contribution in [3.8, 4) is 5.75 Å². The summed E-state index contributed by atoms with van der Waals surface area (Å²) >= 11 is 0. The van der Waals surface area contributed by atoms with Crippen LogP contribution in [0.15, 0.2) is 12.1 Å². The molecule has 0 aromatic heterocycles. The zero-order chi connectivity index (χ0) is 11.1. The molecule has 1 aromatic carbocycles. The molecule has 0 spiro atoms. The molecular formula is C14H20O. The van der Waals surface area contributed by atoms with Crippen molar-refractivity contribution in [2.45, 2.75) is 51.9 Å². The van der Waals surface area contributed by atoms with Crippen molar-refractivity contribution in [1.82, 2.24) is 0 Å². The summed E-state index contributed by atoms with van der Waals surface area (Å²) in [5.41, 5.74) is 4.47. The molecule has 1 aliphatic rings. The van der Waals surface area contributed by atoms with Crippen molar-refractivity contribution in [2.24, 2.45) is 0 Å². The number of aromatic hydroxyl groups is 1. The maximum absolute atomic E-state index is 9.67. The van der Waals surface area contributed by atoms with Gasteiger partial charge >= 0.3 is 0 Å². The minimum absolute atomic E-state index is 0.284. The van der Waals surface area contributed by atoms with Gasteiger partial charge in [0.1, 0.15) is 5.75 Å². The standard InChI is InChI=1S/C14H20O/c1-4-10-8-12(15)9-11-6-5-7-14(2,3)13(10)11/h8-9,15H,4-7H2,1-3H3. The lowest BCUT2D eigenvalue weighted by molar-refractivity contribution is 0.422. The summed E-state index contributed by atoms with van der Waals surface area (Å²) in [7, 11) is 0. The fraction of sp³-hybridized carbons (Fsp3) is 0.571. The van der Waals surface area contributed by atoms with E-state index in [4.69, 9.17) is 0 Å². The van der Waals surface area contributed by atoms with Crippen LogP contribution in [0.2, 0.25) is 0 Å². The van der Waals surface area contributed by atoms with Crippen LogP contribution in [0.1, 0.15) is 50.3 Å². The summed E-state index contributed by atoms with van der Waals surface area (Å²) in [4.78, 5) is 0. The molecule has 1 aromatic rings. The highest BCUT2D eigenvalue weighted by Gasteiger charge is 2.29. The van der Waals surface area contributed by atoms with Gasteiger partial charge in [-0.1, -0.05) is 20.8 Å². The Hall–Kier alpha value is -0.980. The van der Waals surface area contributed by atoms with Gasteiger partial charge in [0.15, 0.2) is 0 Å². The molecule has 2 rings (SSSR count). The number of hydrogen-bond donors (Lipinski definition) is 1. The van der Waals surface area contributed by atoms with Crippen LogP contribution in [-0.2, 0) is 18.3 Å². The number of benzene rings is 1. The summed E-state index contributed by atoms with van der Waals surface area (Å²) in [6, 6.07) is 3.89. The highest BCUT2D eigenvalue weighted by Crippen LogP contribution is 2.40. The number of hydrogen-bond acceptors (Lipinski definition) is 1. The minimum Gasteiger partial charge on any atom is -0.508 e. The maximum Gasteiger partial charge on any atom is 0.116 e. The molecule has 0 bridgehead atoms. The third kappa shape index (κ3) is 1.75. The predicted octanol–water partition coefficient (Wildman–Crippen LogP) is 3.57. The second kappa shape index (κ2) is 3.55. The molecule has 0 heterocycles. The lowest BCUT2D eigenvalue weighted by Crippen LogP contribution is -2.25. The van der Waals surface area contributed by atoms with E-state index in [1.807, 2.05) is 12.1 Å². The van der Waals surface area contributed by atoms with Crippen LogP contribution in [0.5, 0.6) is 5.75 Å². The van der Waals surface area contributed by atoms with Gasteiger partial charge in [-0.2, -0.15) is 0 Å². The predicted molar refractivity (Wildman–Crippen MR) is 63.4 cm³/mol. The first kappa shape index (κ1) is 10.5. The average molecular weight is 204 g/mol. The van der Waals surface area contributed by atoms with E-state index < -0.39 is 0 Å². The van der Waals surface area contributed by atoms with Crippen LogP contribution < -0.4 is 0 Å².